The quantitative estimate of drug-likeness (QED) is 0.358. The lowest BCUT2D eigenvalue weighted by atomic mass is 10.1. The molecule has 0 atom stereocenters. The summed E-state index contributed by atoms with van der Waals surface area (Å²) in [5, 5.41) is 3.29. The third kappa shape index (κ3) is 4.37. The molecule has 39 heavy (non-hydrogen) atoms. The van der Waals surface area contributed by atoms with Gasteiger partial charge >= 0.3 is 5.69 Å². The molecule has 5 rings (SSSR count). The van der Waals surface area contributed by atoms with Crippen LogP contribution >= 0.6 is 0 Å². The molecule has 1 amide bonds. The van der Waals surface area contributed by atoms with E-state index in [1.807, 2.05) is 41.8 Å². The summed E-state index contributed by atoms with van der Waals surface area (Å²) in [6.07, 6.45) is 1.74. The number of rotatable bonds is 6. The summed E-state index contributed by atoms with van der Waals surface area (Å²) in [6.45, 7) is 1.99. The van der Waals surface area contributed by atoms with Crippen molar-refractivity contribution in [3.05, 3.63) is 105 Å². The summed E-state index contributed by atoms with van der Waals surface area (Å²) in [5.74, 6) is 0.522. The molecule has 0 radical (unpaired) electrons. The van der Waals surface area contributed by atoms with Gasteiger partial charge in [0.1, 0.15) is 11.5 Å². The van der Waals surface area contributed by atoms with Gasteiger partial charge in [0.25, 0.3) is 11.5 Å². The Bertz CT molecular complexity index is 1830. The van der Waals surface area contributed by atoms with E-state index in [0.717, 1.165) is 15.7 Å². The molecule has 2 heterocycles. The van der Waals surface area contributed by atoms with Crippen LogP contribution in [0.5, 0.6) is 11.5 Å². The summed E-state index contributed by atoms with van der Waals surface area (Å²) in [4.78, 5) is 39.1. The second kappa shape index (κ2) is 10.0. The highest BCUT2D eigenvalue weighted by Crippen LogP contribution is 2.39. The number of fused-ring (bicyclic) bond motifs is 1. The van der Waals surface area contributed by atoms with Crippen molar-refractivity contribution in [2.45, 2.75) is 6.92 Å². The molecule has 198 valence electrons. The van der Waals surface area contributed by atoms with Gasteiger partial charge < -0.3 is 19.4 Å². The number of benzene rings is 3. The molecule has 0 saturated heterocycles. The average molecular weight is 525 g/mol. The first-order valence-corrected chi connectivity index (χ1v) is 12.3. The van der Waals surface area contributed by atoms with E-state index >= 15 is 0 Å². The molecule has 0 aliphatic rings. The lowest BCUT2D eigenvalue weighted by Crippen LogP contribution is -2.36. The maximum absolute atomic E-state index is 13.4. The monoisotopic (exact) mass is 524 g/mol. The van der Waals surface area contributed by atoms with Gasteiger partial charge in [-0.1, -0.05) is 48.0 Å². The highest BCUT2D eigenvalue weighted by Gasteiger charge is 2.23. The number of methoxy groups -OCH3 is 2. The Balaban J connectivity index is 1.77. The third-order valence-electron chi connectivity index (χ3n) is 6.81. The molecule has 2 aromatic heterocycles. The van der Waals surface area contributed by atoms with Crippen LogP contribution in [-0.2, 0) is 14.1 Å². The zero-order valence-electron chi connectivity index (χ0n) is 22.3. The van der Waals surface area contributed by atoms with Gasteiger partial charge in [0, 0.05) is 38.0 Å². The minimum atomic E-state index is -0.427. The number of nitrogens with zero attached hydrogens (tertiary/aromatic N) is 3. The fraction of sp³-hybridized carbons (Fsp3) is 0.167. The summed E-state index contributed by atoms with van der Waals surface area (Å²) in [7, 11) is 6.13. The average Bonchev–Trinajstić information content (AvgIpc) is 3.36. The predicted molar refractivity (Wildman–Crippen MR) is 151 cm³/mol. The minimum Gasteiger partial charge on any atom is -0.494 e. The normalized spacial score (nSPS) is 11.0. The smallest absolute Gasteiger partial charge is 0.330 e. The predicted octanol–water partition coefficient (Wildman–Crippen LogP) is 4.27. The molecule has 3 aromatic carbocycles. The molecule has 0 aliphatic carbocycles. The molecule has 0 bridgehead atoms. The number of carbonyl (C=O) groups excluding carboxylic acids is 1. The van der Waals surface area contributed by atoms with Crippen LogP contribution in [0.3, 0.4) is 0 Å². The van der Waals surface area contributed by atoms with Gasteiger partial charge in [0.05, 0.1) is 42.2 Å². The number of amides is 1. The molecule has 0 spiro atoms. The fourth-order valence-electron chi connectivity index (χ4n) is 4.68. The number of hydrogen-bond donors (Lipinski definition) is 1. The highest BCUT2D eigenvalue weighted by molar-refractivity contribution is 6.05. The number of carbonyl (C=O) groups is 1. The van der Waals surface area contributed by atoms with Crippen LogP contribution in [0.4, 0.5) is 5.69 Å². The van der Waals surface area contributed by atoms with Crippen LogP contribution in [0.25, 0.3) is 27.8 Å². The van der Waals surface area contributed by atoms with E-state index in [1.54, 1.807) is 49.6 Å². The Morgan fingerprint density at radius 3 is 2.15 bits per heavy atom. The molecule has 0 aliphatic heterocycles. The van der Waals surface area contributed by atoms with Gasteiger partial charge in [-0.2, -0.15) is 0 Å². The first-order chi connectivity index (χ1) is 18.7. The summed E-state index contributed by atoms with van der Waals surface area (Å²) in [5.41, 5.74) is 3.58. The number of aromatic nitrogens is 3. The van der Waals surface area contributed by atoms with Crippen molar-refractivity contribution in [3.8, 4) is 28.4 Å². The number of ether oxygens (including phenoxy) is 2. The zero-order chi connectivity index (χ0) is 27.8. The first-order valence-electron chi connectivity index (χ1n) is 12.3. The molecule has 9 heteroatoms. The second-order valence-electron chi connectivity index (χ2n) is 9.22. The van der Waals surface area contributed by atoms with E-state index in [1.165, 1.54) is 25.8 Å². The summed E-state index contributed by atoms with van der Waals surface area (Å²) in [6, 6.07) is 20.1. The maximum atomic E-state index is 13.4. The first kappa shape index (κ1) is 25.6. The second-order valence-corrected chi connectivity index (χ2v) is 9.22. The lowest BCUT2D eigenvalue weighted by Gasteiger charge is -2.18. The van der Waals surface area contributed by atoms with Crippen molar-refractivity contribution in [1.82, 2.24) is 13.7 Å². The molecule has 5 aromatic rings. The molecular formula is C30H28N4O5. The topological polar surface area (TPSA) is 96.5 Å². The largest absolute Gasteiger partial charge is 0.494 e. The van der Waals surface area contributed by atoms with Gasteiger partial charge in [-0.25, -0.2) is 4.79 Å². The minimum absolute atomic E-state index is 0.297. The van der Waals surface area contributed by atoms with Crippen molar-refractivity contribution < 1.29 is 14.3 Å². The van der Waals surface area contributed by atoms with Crippen LogP contribution < -0.4 is 26.0 Å². The van der Waals surface area contributed by atoms with Gasteiger partial charge in [-0.05, 0) is 24.6 Å². The van der Waals surface area contributed by atoms with Crippen LogP contribution in [0.1, 0.15) is 15.9 Å². The fourth-order valence-corrected chi connectivity index (χ4v) is 4.68. The van der Waals surface area contributed by atoms with Crippen molar-refractivity contribution >= 4 is 22.5 Å². The van der Waals surface area contributed by atoms with Crippen LogP contribution in [0.2, 0.25) is 0 Å². The molecule has 0 saturated carbocycles. The summed E-state index contributed by atoms with van der Waals surface area (Å²) >= 11 is 0. The van der Waals surface area contributed by atoms with Crippen molar-refractivity contribution in [1.29, 1.82) is 0 Å². The van der Waals surface area contributed by atoms with Crippen LogP contribution in [-0.4, -0.2) is 33.8 Å². The van der Waals surface area contributed by atoms with E-state index in [0.29, 0.717) is 45.0 Å². The Kier molecular flexibility index (Phi) is 6.57. The Morgan fingerprint density at radius 2 is 1.51 bits per heavy atom. The number of hydrogen-bond acceptors (Lipinski definition) is 5. The highest BCUT2D eigenvalue weighted by atomic mass is 16.5. The molecule has 9 nitrogen and oxygen atoms in total. The molecule has 0 fully saturated rings. The lowest BCUT2D eigenvalue weighted by molar-refractivity contribution is 0.102. The van der Waals surface area contributed by atoms with Crippen LogP contribution in [0, 0.1) is 6.92 Å². The molecule has 1 N–H and O–H groups in total. The summed E-state index contributed by atoms with van der Waals surface area (Å²) < 4.78 is 15.8. The number of nitrogens with one attached hydrogen (secondary N) is 1. The van der Waals surface area contributed by atoms with E-state index in [4.69, 9.17) is 9.47 Å². The molecule has 0 unspecified atom stereocenters. The van der Waals surface area contributed by atoms with Crippen molar-refractivity contribution in [3.63, 3.8) is 0 Å². The van der Waals surface area contributed by atoms with E-state index in [-0.39, 0.29) is 5.91 Å². The van der Waals surface area contributed by atoms with E-state index in [9.17, 15) is 14.4 Å². The number of anilines is 1. The van der Waals surface area contributed by atoms with E-state index in [2.05, 4.69) is 5.32 Å². The standard InChI is InChI=1S/C30H28N4O5/c1-18-11-13-19(14-12-18)27-26-23(32(2)30(37)33(3)29(26)36)17-34(27)22-16-24(38-4)21(15-25(22)39-5)31-28(35)20-9-7-6-8-10-20/h6-17H,1-5H3,(H,31,35). The van der Waals surface area contributed by atoms with Gasteiger partial charge in [0.2, 0.25) is 0 Å². The van der Waals surface area contributed by atoms with Crippen molar-refractivity contribution in [2.24, 2.45) is 14.1 Å². The SMILES string of the molecule is COc1cc(-n2cc3c(c2-c2ccc(C)cc2)c(=O)n(C)c(=O)n3C)c(OC)cc1NC(=O)c1ccccc1. The Hall–Kier alpha value is -5.05. The third-order valence-corrected chi connectivity index (χ3v) is 6.81. The number of aryl methyl sites for hydroxylation is 2. The van der Waals surface area contributed by atoms with Gasteiger partial charge in [0.15, 0.2) is 0 Å². The Morgan fingerprint density at radius 1 is 0.846 bits per heavy atom. The van der Waals surface area contributed by atoms with Gasteiger partial charge in [-0.15, -0.1) is 0 Å². The maximum Gasteiger partial charge on any atom is 0.330 e. The molecular weight excluding hydrogens is 496 g/mol. The Labute approximate surface area is 224 Å². The van der Waals surface area contributed by atoms with E-state index < -0.39 is 11.2 Å². The zero-order valence-corrected chi connectivity index (χ0v) is 22.3. The van der Waals surface area contributed by atoms with Gasteiger partial charge in [-0.3, -0.25) is 18.7 Å². The van der Waals surface area contributed by atoms with Crippen LogP contribution in [0.15, 0.2) is 82.5 Å². The van der Waals surface area contributed by atoms with Crippen molar-refractivity contribution in [2.75, 3.05) is 19.5 Å².